The maximum atomic E-state index is 13.6. The molecule has 7 heteroatoms. The zero-order chi connectivity index (χ0) is 31.0. The molecular formula is C38H37NO6. The van der Waals surface area contributed by atoms with Gasteiger partial charge in [0.25, 0.3) is 5.91 Å². The monoisotopic (exact) mass is 603 g/mol. The molecule has 0 aromatic heterocycles. The molecule has 1 saturated heterocycles. The minimum Gasteiger partial charge on any atom is -0.489 e. The van der Waals surface area contributed by atoms with Crippen LogP contribution in [0.3, 0.4) is 0 Å². The highest BCUT2D eigenvalue weighted by atomic mass is 16.6. The van der Waals surface area contributed by atoms with Gasteiger partial charge in [-0.2, -0.15) is 0 Å². The van der Waals surface area contributed by atoms with E-state index in [2.05, 4.69) is 24.3 Å². The molecule has 0 saturated carbocycles. The predicted octanol–water partition coefficient (Wildman–Crippen LogP) is 6.82. The Hall–Kier alpha value is -4.88. The van der Waals surface area contributed by atoms with Crippen LogP contribution in [0, 0.1) is 0 Å². The lowest BCUT2D eigenvalue weighted by molar-refractivity contribution is -0.141. The number of hydrogen-bond donors (Lipinski definition) is 0. The molecule has 45 heavy (non-hydrogen) atoms. The molecule has 0 aliphatic carbocycles. The first-order chi connectivity index (χ1) is 22.1. The molecule has 3 unspecified atom stereocenters. The van der Waals surface area contributed by atoms with E-state index in [1.807, 2.05) is 97.9 Å². The third kappa shape index (κ3) is 7.62. The van der Waals surface area contributed by atoms with Crippen LogP contribution in [-0.4, -0.2) is 48.4 Å². The van der Waals surface area contributed by atoms with E-state index in [0.717, 1.165) is 45.7 Å². The standard InChI is InChI=1S/C38H37NO6/c1-2-42-36(37(40)39-32(26-44-38(39)41)22-27-9-5-3-6-10-27)24-30-15-20-35-31(21-30)16-19-34(45-35)23-28-13-17-33(18-14-28)43-25-29-11-7-4-8-12-29/h3-21,32,34,36H,2,22-26H2,1H3. The smallest absolute Gasteiger partial charge is 0.417 e. The Labute approximate surface area is 264 Å². The largest absolute Gasteiger partial charge is 0.489 e. The highest BCUT2D eigenvalue weighted by Crippen LogP contribution is 2.30. The van der Waals surface area contributed by atoms with Crippen LogP contribution in [0.4, 0.5) is 4.79 Å². The quantitative estimate of drug-likeness (QED) is 0.177. The van der Waals surface area contributed by atoms with Crippen molar-refractivity contribution in [1.29, 1.82) is 0 Å². The second kappa shape index (κ2) is 14.3. The molecule has 2 aliphatic heterocycles. The summed E-state index contributed by atoms with van der Waals surface area (Å²) >= 11 is 0. The molecule has 2 aliphatic rings. The third-order valence-corrected chi connectivity index (χ3v) is 8.03. The molecule has 3 atom stereocenters. The van der Waals surface area contributed by atoms with E-state index in [1.165, 1.54) is 4.90 Å². The molecule has 1 fully saturated rings. The number of carbonyl (C=O) groups is 2. The first kappa shape index (κ1) is 30.2. The summed E-state index contributed by atoms with van der Waals surface area (Å²) in [5.41, 5.74) is 5.19. The Bertz CT molecular complexity index is 1620. The molecule has 7 nitrogen and oxygen atoms in total. The lowest BCUT2D eigenvalue weighted by atomic mass is 9.99. The lowest BCUT2D eigenvalue weighted by Gasteiger charge is -2.26. The summed E-state index contributed by atoms with van der Waals surface area (Å²) in [5, 5.41) is 0. The van der Waals surface area contributed by atoms with Crippen LogP contribution in [-0.2, 0) is 40.1 Å². The first-order valence-corrected chi connectivity index (χ1v) is 15.4. The molecule has 230 valence electrons. The second-order valence-electron chi connectivity index (χ2n) is 11.3. The number of amides is 2. The van der Waals surface area contributed by atoms with Gasteiger partial charge in [-0.15, -0.1) is 0 Å². The van der Waals surface area contributed by atoms with E-state index in [-0.39, 0.29) is 24.7 Å². The van der Waals surface area contributed by atoms with E-state index in [0.29, 0.717) is 26.1 Å². The van der Waals surface area contributed by atoms with Gasteiger partial charge >= 0.3 is 6.09 Å². The summed E-state index contributed by atoms with van der Waals surface area (Å²) in [7, 11) is 0. The zero-order valence-corrected chi connectivity index (χ0v) is 25.3. The fraction of sp³-hybridized carbons (Fsp3) is 0.263. The first-order valence-electron chi connectivity index (χ1n) is 15.4. The molecule has 2 amide bonds. The predicted molar refractivity (Wildman–Crippen MR) is 172 cm³/mol. The molecule has 4 aromatic rings. The van der Waals surface area contributed by atoms with E-state index in [9.17, 15) is 9.59 Å². The van der Waals surface area contributed by atoms with E-state index < -0.39 is 12.2 Å². The van der Waals surface area contributed by atoms with Gasteiger partial charge in [-0.3, -0.25) is 4.79 Å². The number of imide groups is 1. The van der Waals surface area contributed by atoms with Crippen LogP contribution in [0.5, 0.6) is 11.5 Å². The molecular weight excluding hydrogens is 566 g/mol. The number of ether oxygens (including phenoxy) is 4. The van der Waals surface area contributed by atoms with Crippen molar-refractivity contribution >= 4 is 18.1 Å². The van der Waals surface area contributed by atoms with Crippen molar-refractivity contribution in [3.63, 3.8) is 0 Å². The number of carbonyl (C=O) groups excluding carboxylic acids is 2. The van der Waals surface area contributed by atoms with Crippen LogP contribution in [0.25, 0.3) is 6.08 Å². The van der Waals surface area contributed by atoms with Crippen molar-refractivity contribution in [2.45, 2.75) is 51.0 Å². The number of cyclic esters (lactones) is 1. The van der Waals surface area contributed by atoms with Gasteiger partial charge < -0.3 is 18.9 Å². The summed E-state index contributed by atoms with van der Waals surface area (Å²) in [6.07, 6.45) is 4.20. The average Bonchev–Trinajstić information content (AvgIpc) is 3.44. The minimum absolute atomic E-state index is 0.0973. The molecule has 2 heterocycles. The van der Waals surface area contributed by atoms with Crippen LogP contribution < -0.4 is 9.47 Å². The highest BCUT2D eigenvalue weighted by Gasteiger charge is 2.41. The normalized spacial score (nSPS) is 17.7. The number of rotatable bonds is 12. The SMILES string of the molecule is CCOC(Cc1ccc2c(c1)C=CC(Cc1ccc(OCc3ccccc3)cc1)O2)C(=O)N1C(=O)OCC1Cc1ccccc1. The van der Waals surface area contributed by atoms with Gasteiger partial charge in [0, 0.05) is 25.0 Å². The van der Waals surface area contributed by atoms with Gasteiger partial charge in [-0.25, -0.2) is 9.69 Å². The van der Waals surface area contributed by atoms with Crippen molar-refractivity contribution in [3.8, 4) is 11.5 Å². The van der Waals surface area contributed by atoms with Gasteiger partial charge in [0.05, 0.1) is 6.04 Å². The van der Waals surface area contributed by atoms with E-state index in [4.69, 9.17) is 18.9 Å². The van der Waals surface area contributed by atoms with Crippen molar-refractivity contribution < 1.29 is 28.5 Å². The Kier molecular flexibility index (Phi) is 9.56. The number of hydrogen-bond acceptors (Lipinski definition) is 6. The molecule has 0 bridgehead atoms. The minimum atomic E-state index is -0.808. The molecule has 4 aromatic carbocycles. The maximum absolute atomic E-state index is 13.6. The van der Waals surface area contributed by atoms with Crippen molar-refractivity contribution in [1.82, 2.24) is 4.90 Å². The molecule has 0 radical (unpaired) electrons. The van der Waals surface area contributed by atoms with E-state index >= 15 is 0 Å². The number of nitrogens with zero attached hydrogens (tertiary/aromatic N) is 1. The summed E-state index contributed by atoms with van der Waals surface area (Å²) in [6, 6.07) is 33.6. The van der Waals surface area contributed by atoms with Gasteiger partial charge in [0.1, 0.15) is 36.9 Å². The van der Waals surface area contributed by atoms with Crippen molar-refractivity contribution in [2.75, 3.05) is 13.2 Å². The summed E-state index contributed by atoms with van der Waals surface area (Å²) in [5.74, 6) is 1.25. The van der Waals surface area contributed by atoms with Gasteiger partial charge in [0.15, 0.2) is 0 Å². The Morgan fingerprint density at radius 1 is 0.867 bits per heavy atom. The Balaban J connectivity index is 1.06. The number of benzene rings is 4. The zero-order valence-electron chi connectivity index (χ0n) is 25.3. The van der Waals surface area contributed by atoms with Gasteiger partial charge in [-0.05, 0) is 65.9 Å². The van der Waals surface area contributed by atoms with Crippen LogP contribution >= 0.6 is 0 Å². The van der Waals surface area contributed by atoms with Crippen molar-refractivity contribution in [2.24, 2.45) is 0 Å². The van der Waals surface area contributed by atoms with Gasteiger partial charge in [-0.1, -0.05) is 84.9 Å². The molecule has 0 spiro atoms. The summed E-state index contributed by atoms with van der Waals surface area (Å²) < 4.78 is 23.4. The second-order valence-corrected chi connectivity index (χ2v) is 11.3. The van der Waals surface area contributed by atoms with Crippen LogP contribution in [0.2, 0.25) is 0 Å². The average molecular weight is 604 g/mol. The summed E-state index contributed by atoms with van der Waals surface area (Å²) in [6.45, 7) is 2.90. The lowest BCUT2D eigenvalue weighted by Crippen LogP contribution is -2.47. The highest BCUT2D eigenvalue weighted by molar-refractivity contribution is 5.96. The fourth-order valence-corrected chi connectivity index (χ4v) is 5.74. The summed E-state index contributed by atoms with van der Waals surface area (Å²) in [4.78, 5) is 27.5. The van der Waals surface area contributed by atoms with Gasteiger partial charge in [0.2, 0.25) is 0 Å². The topological polar surface area (TPSA) is 74.3 Å². The maximum Gasteiger partial charge on any atom is 0.417 e. The molecule has 6 rings (SSSR count). The van der Waals surface area contributed by atoms with Crippen LogP contribution in [0.15, 0.2) is 109 Å². The number of fused-ring (bicyclic) bond motifs is 1. The Morgan fingerprint density at radius 3 is 2.29 bits per heavy atom. The third-order valence-electron chi connectivity index (χ3n) is 8.03. The Morgan fingerprint density at radius 2 is 1.56 bits per heavy atom. The fourth-order valence-electron chi connectivity index (χ4n) is 5.74. The van der Waals surface area contributed by atoms with Crippen molar-refractivity contribution in [3.05, 3.63) is 137 Å². The molecule has 0 N–H and O–H groups in total. The van der Waals surface area contributed by atoms with Crippen LogP contribution in [0.1, 0.15) is 34.7 Å². The van der Waals surface area contributed by atoms with E-state index in [1.54, 1.807) is 0 Å².